The lowest BCUT2D eigenvalue weighted by Gasteiger charge is -2.22. The predicted octanol–water partition coefficient (Wildman–Crippen LogP) is 24.9. The Bertz CT molecular complexity index is 1200. The molecule has 82 heavy (non-hydrogen) atoms. The molecule has 2 unspecified atom stereocenters. The zero-order valence-electron chi connectivity index (χ0n) is 56.3. The fraction of sp³-hybridized carbons (Fsp3) is 0.974. The Balaban J connectivity index is 3.24. The lowest BCUT2D eigenvalue weighted by molar-refractivity contribution is -0.143. The second-order valence-corrected chi connectivity index (χ2v) is 26.7. The molecule has 0 fully saturated rings. The number of aliphatic hydroxyl groups is 2. The smallest absolute Gasteiger partial charge is 0.305 e. The van der Waals surface area contributed by atoms with E-state index in [-0.39, 0.29) is 18.5 Å². The Labute approximate surface area is 515 Å². The standard InChI is InChI=1S/C76H151NO5/c1-3-5-7-9-11-13-15-16-17-44-47-50-54-58-62-66-70-76(81)82-71-67-63-59-55-51-48-45-42-40-38-36-34-32-30-28-26-24-22-20-18-19-21-23-25-27-29-31-33-35-37-39-41-43-46-49-53-57-61-65-69-75(80)77-73(72-78)74(79)68-64-60-56-52-14-12-10-8-6-4-2/h73-74,78-79H,3-72H2,1-2H3,(H,77,80). The molecule has 0 spiro atoms. The highest BCUT2D eigenvalue weighted by Crippen LogP contribution is 2.20. The van der Waals surface area contributed by atoms with E-state index in [1.165, 1.54) is 379 Å². The third-order valence-electron chi connectivity index (χ3n) is 18.4. The fourth-order valence-corrected chi connectivity index (χ4v) is 12.6. The van der Waals surface area contributed by atoms with Gasteiger partial charge in [0.15, 0.2) is 0 Å². The third kappa shape index (κ3) is 68.0. The number of carbonyl (C=O) groups is 2. The van der Waals surface area contributed by atoms with Crippen LogP contribution in [0.15, 0.2) is 0 Å². The molecule has 0 aromatic heterocycles. The van der Waals surface area contributed by atoms with E-state index in [9.17, 15) is 19.8 Å². The van der Waals surface area contributed by atoms with Gasteiger partial charge in [-0.1, -0.05) is 412 Å². The molecule has 0 aromatic carbocycles. The molecule has 0 radical (unpaired) electrons. The molecule has 0 saturated carbocycles. The van der Waals surface area contributed by atoms with Gasteiger partial charge in [-0.3, -0.25) is 9.59 Å². The molecular weight excluding hydrogens is 1010 g/mol. The average molecular weight is 1160 g/mol. The maximum absolute atomic E-state index is 12.5. The lowest BCUT2D eigenvalue weighted by atomic mass is 10.0. The topological polar surface area (TPSA) is 95.9 Å². The first-order valence-corrected chi connectivity index (χ1v) is 38.3. The zero-order chi connectivity index (χ0) is 59.2. The van der Waals surface area contributed by atoms with Crippen LogP contribution < -0.4 is 5.32 Å². The molecular formula is C76H151NO5. The second-order valence-electron chi connectivity index (χ2n) is 26.7. The number of nitrogens with one attached hydrogen (secondary N) is 1. The molecule has 0 aliphatic rings. The van der Waals surface area contributed by atoms with E-state index in [4.69, 9.17) is 4.74 Å². The number of aliphatic hydroxyl groups excluding tert-OH is 2. The molecule has 0 aliphatic carbocycles. The number of ether oxygens (including phenoxy) is 1. The summed E-state index contributed by atoms with van der Waals surface area (Å²) in [5, 5.41) is 23.2. The quantitative estimate of drug-likeness (QED) is 0.0417. The SMILES string of the molecule is CCCCCCCCCCCCCCCCCCC(=O)OCCCCCCCCCCCCCCCCCCCCCCCCCCCCCCCCCCCCCCCCCC(=O)NC(CO)C(O)CCCCCCCCCCCC. The normalized spacial score (nSPS) is 12.4. The van der Waals surface area contributed by atoms with Crippen molar-refractivity contribution in [2.75, 3.05) is 13.2 Å². The van der Waals surface area contributed by atoms with Gasteiger partial charge in [0, 0.05) is 12.8 Å². The largest absolute Gasteiger partial charge is 0.466 e. The number of rotatable bonds is 73. The summed E-state index contributed by atoms with van der Waals surface area (Å²) < 4.78 is 5.51. The number of hydrogen-bond donors (Lipinski definition) is 3. The van der Waals surface area contributed by atoms with Crippen molar-refractivity contribution in [2.45, 2.75) is 463 Å². The number of hydrogen-bond acceptors (Lipinski definition) is 5. The number of carbonyl (C=O) groups excluding carboxylic acids is 2. The summed E-state index contributed by atoms with van der Waals surface area (Å²) in [6.45, 7) is 4.99. The molecule has 0 rings (SSSR count). The number of esters is 1. The Kier molecular flexibility index (Phi) is 71.3. The van der Waals surface area contributed by atoms with Crippen molar-refractivity contribution >= 4 is 11.9 Å². The van der Waals surface area contributed by atoms with E-state index in [0.717, 1.165) is 38.5 Å². The van der Waals surface area contributed by atoms with Crippen LogP contribution in [0, 0.1) is 0 Å². The Hall–Kier alpha value is -1.14. The minimum atomic E-state index is -0.657. The van der Waals surface area contributed by atoms with Crippen LogP contribution in [-0.2, 0) is 14.3 Å². The van der Waals surface area contributed by atoms with Gasteiger partial charge in [-0.15, -0.1) is 0 Å². The van der Waals surface area contributed by atoms with E-state index >= 15 is 0 Å². The van der Waals surface area contributed by atoms with Crippen LogP contribution in [-0.4, -0.2) is 47.4 Å². The van der Waals surface area contributed by atoms with Crippen molar-refractivity contribution in [2.24, 2.45) is 0 Å². The van der Waals surface area contributed by atoms with Crippen LogP contribution in [0.4, 0.5) is 0 Å². The Morgan fingerprint density at radius 2 is 0.500 bits per heavy atom. The van der Waals surface area contributed by atoms with Gasteiger partial charge in [0.25, 0.3) is 0 Å². The molecule has 0 saturated heterocycles. The first-order chi connectivity index (χ1) is 40.5. The molecule has 3 N–H and O–H groups in total. The second kappa shape index (κ2) is 72.3. The van der Waals surface area contributed by atoms with Crippen molar-refractivity contribution in [1.82, 2.24) is 5.32 Å². The van der Waals surface area contributed by atoms with Gasteiger partial charge in [-0.2, -0.15) is 0 Å². The molecule has 0 bridgehead atoms. The lowest BCUT2D eigenvalue weighted by Crippen LogP contribution is -2.45. The molecule has 490 valence electrons. The van der Waals surface area contributed by atoms with Crippen molar-refractivity contribution < 1.29 is 24.5 Å². The number of amides is 1. The summed E-state index contributed by atoms with van der Waals surface area (Å²) >= 11 is 0. The molecule has 0 heterocycles. The van der Waals surface area contributed by atoms with E-state index in [2.05, 4.69) is 19.2 Å². The van der Waals surface area contributed by atoms with Crippen molar-refractivity contribution in [3.63, 3.8) is 0 Å². The zero-order valence-corrected chi connectivity index (χ0v) is 56.3. The highest BCUT2D eigenvalue weighted by Gasteiger charge is 2.20. The van der Waals surface area contributed by atoms with E-state index in [1.54, 1.807) is 0 Å². The molecule has 1 amide bonds. The van der Waals surface area contributed by atoms with Gasteiger partial charge in [-0.05, 0) is 25.7 Å². The van der Waals surface area contributed by atoms with Crippen LogP contribution in [0.2, 0.25) is 0 Å². The highest BCUT2D eigenvalue weighted by atomic mass is 16.5. The third-order valence-corrected chi connectivity index (χ3v) is 18.4. The average Bonchev–Trinajstić information content (AvgIpc) is 3.48. The summed E-state index contributed by atoms with van der Waals surface area (Å²) in [7, 11) is 0. The first kappa shape index (κ1) is 80.9. The summed E-state index contributed by atoms with van der Waals surface area (Å²) in [5.74, 6) is 0.00104. The minimum absolute atomic E-state index is 0.0277. The Morgan fingerprint density at radius 1 is 0.293 bits per heavy atom. The van der Waals surface area contributed by atoms with Gasteiger partial charge in [0.2, 0.25) is 5.91 Å². The Morgan fingerprint density at radius 3 is 0.744 bits per heavy atom. The predicted molar refractivity (Wildman–Crippen MR) is 361 cm³/mol. The van der Waals surface area contributed by atoms with Crippen LogP contribution in [0.5, 0.6) is 0 Å². The van der Waals surface area contributed by atoms with Crippen LogP contribution >= 0.6 is 0 Å². The minimum Gasteiger partial charge on any atom is -0.466 e. The number of unbranched alkanes of at least 4 members (excludes halogenated alkanes) is 62. The van der Waals surface area contributed by atoms with Crippen LogP contribution in [0.1, 0.15) is 450 Å². The van der Waals surface area contributed by atoms with Gasteiger partial charge in [-0.25, -0.2) is 0 Å². The van der Waals surface area contributed by atoms with E-state index < -0.39 is 12.1 Å². The maximum Gasteiger partial charge on any atom is 0.305 e. The summed E-state index contributed by atoms with van der Waals surface area (Å²) in [4.78, 5) is 24.6. The van der Waals surface area contributed by atoms with Crippen LogP contribution in [0.3, 0.4) is 0 Å². The molecule has 6 heteroatoms. The molecule has 2 atom stereocenters. The monoisotopic (exact) mass is 1160 g/mol. The van der Waals surface area contributed by atoms with Gasteiger partial charge >= 0.3 is 5.97 Å². The van der Waals surface area contributed by atoms with Crippen LogP contribution in [0.25, 0.3) is 0 Å². The first-order valence-electron chi connectivity index (χ1n) is 38.3. The van der Waals surface area contributed by atoms with Crippen molar-refractivity contribution in [3.8, 4) is 0 Å². The van der Waals surface area contributed by atoms with Crippen molar-refractivity contribution in [3.05, 3.63) is 0 Å². The fourth-order valence-electron chi connectivity index (χ4n) is 12.6. The van der Waals surface area contributed by atoms with E-state index in [0.29, 0.717) is 25.9 Å². The van der Waals surface area contributed by atoms with Gasteiger partial charge < -0.3 is 20.3 Å². The van der Waals surface area contributed by atoms with Gasteiger partial charge in [0.1, 0.15) is 0 Å². The molecule has 0 aliphatic heterocycles. The summed E-state index contributed by atoms with van der Waals surface area (Å²) in [6, 6.07) is -0.534. The van der Waals surface area contributed by atoms with Crippen molar-refractivity contribution in [1.29, 1.82) is 0 Å². The maximum atomic E-state index is 12.5. The highest BCUT2D eigenvalue weighted by molar-refractivity contribution is 5.76. The summed E-state index contributed by atoms with van der Waals surface area (Å²) in [5.41, 5.74) is 0. The molecule has 6 nitrogen and oxygen atoms in total. The molecule has 0 aromatic rings. The van der Waals surface area contributed by atoms with Gasteiger partial charge in [0.05, 0.1) is 25.4 Å². The summed E-state index contributed by atoms with van der Waals surface area (Å²) in [6.07, 6.45) is 89.3. The van der Waals surface area contributed by atoms with E-state index in [1.807, 2.05) is 0 Å².